The van der Waals surface area contributed by atoms with E-state index < -0.39 is 5.97 Å². The van der Waals surface area contributed by atoms with Gasteiger partial charge in [-0.3, -0.25) is 4.79 Å². The van der Waals surface area contributed by atoms with Gasteiger partial charge in [-0.25, -0.2) is 0 Å². The zero-order valence-corrected chi connectivity index (χ0v) is 11.6. The van der Waals surface area contributed by atoms with E-state index in [1.807, 2.05) is 31.0 Å². The molecule has 1 aliphatic rings. The van der Waals surface area contributed by atoms with Crippen molar-refractivity contribution in [3.8, 4) is 11.5 Å². The first-order chi connectivity index (χ1) is 8.99. The molecule has 2 unspecified atom stereocenters. The highest BCUT2D eigenvalue weighted by Gasteiger charge is 2.46. The number of benzene rings is 1. The van der Waals surface area contributed by atoms with Crippen LogP contribution in [0.25, 0.3) is 0 Å². The van der Waals surface area contributed by atoms with E-state index >= 15 is 0 Å². The first-order valence-electron chi connectivity index (χ1n) is 6.17. The number of hydrogen-bond acceptors (Lipinski definition) is 4. The molecule has 1 aliphatic carbocycles. The second-order valence-corrected chi connectivity index (χ2v) is 4.85. The van der Waals surface area contributed by atoms with Gasteiger partial charge in [-0.1, -0.05) is 0 Å². The van der Waals surface area contributed by atoms with E-state index in [1.54, 1.807) is 14.2 Å². The van der Waals surface area contributed by atoms with Gasteiger partial charge < -0.3 is 19.5 Å². The Morgan fingerprint density at radius 3 is 2.37 bits per heavy atom. The first kappa shape index (κ1) is 13.5. The third-order valence-corrected chi connectivity index (χ3v) is 3.65. The molecule has 1 fully saturated rings. The summed E-state index contributed by atoms with van der Waals surface area (Å²) < 4.78 is 10.5. The predicted molar refractivity (Wildman–Crippen MR) is 72.2 cm³/mol. The molecule has 2 rings (SSSR count). The average Bonchev–Trinajstić information content (AvgIpc) is 3.17. The van der Waals surface area contributed by atoms with Crippen molar-refractivity contribution in [1.29, 1.82) is 0 Å². The number of carboxylic acids is 1. The molecule has 5 heteroatoms. The van der Waals surface area contributed by atoms with E-state index in [0.717, 1.165) is 11.3 Å². The first-order valence-corrected chi connectivity index (χ1v) is 6.17. The molecule has 0 radical (unpaired) electrons. The number of anilines is 1. The third-order valence-electron chi connectivity index (χ3n) is 3.65. The number of carbonyl (C=O) groups is 1. The number of methoxy groups -OCH3 is 2. The largest absolute Gasteiger partial charge is 0.493 e. The summed E-state index contributed by atoms with van der Waals surface area (Å²) in [6, 6.07) is 3.86. The number of aryl methyl sites for hydroxylation is 1. The molecular formula is C14H19NO4. The summed E-state index contributed by atoms with van der Waals surface area (Å²) in [5, 5.41) is 9.00. The molecule has 0 amide bonds. The Bertz CT molecular complexity index is 500. The maximum atomic E-state index is 10.9. The van der Waals surface area contributed by atoms with Crippen LogP contribution in [0.15, 0.2) is 12.1 Å². The minimum absolute atomic E-state index is 0.0642. The SMILES string of the molecule is COc1cc(C)c(N(C)C2CC2C(=O)O)cc1OC. The van der Waals surface area contributed by atoms with Gasteiger partial charge in [-0.05, 0) is 25.0 Å². The van der Waals surface area contributed by atoms with Crippen molar-refractivity contribution in [2.24, 2.45) is 5.92 Å². The number of nitrogens with zero attached hydrogens (tertiary/aromatic N) is 1. The van der Waals surface area contributed by atoms with E-state index in [2.05, 4.69) is 0 Å². The Hall–Kier alpha value is -1.91. The molecule has 0 aliphatic heterocycles. The molecule has 0 bridgehead atoms. The van der Waals surface area contributed by atoms with E-state index in [0.29, 0.717) is 17.9 Å². The number of rotatable bonds is 5. The molecule has 1 aromatic carbocycles. The molecule has 5 nitrogen and oxygen atoms in total. The number of ether oxygens (including phenoxy) is 2. The predicted octanol–water partition coefficient (Wildman–Crippen LogP) is 1.92. The highest BCUT2D eigenvalue weighted by Crippen LogP contribution is 2.41. The molecule has 0 spiro atoms. The van der Waals surface area contributed by atoms with Crippen LogP contribution in [0.5, 0.6) is 11.5 Å². The summed E-state index contributed by atoms with van der Waals surface area (Å²) in [6.45, 7) is 1.98. The fourth-order valence-electron chi connectivity index (χ4n) is 2.40. The van der Waals surface area contributed by atoms with Gasteiger partial charge in [0.1, 0.15) is 0 Å². The van der Waals surface area contributed by atoms with Crippen molar-refractivity contribution in [3.63, 3.8) is 0 Å². The summed E-state index contributed by atoms with van der Waals surface area (Å²) >= 11 is 0. The summed E-state index contributed by atoms with van der Waals surface area (Å²) in [4.78, 5) is 13.0. The van der Waals surface area contributed by atoms with E-state index in [4.69, 9.17) is 14.6 Å². The van der Waals surface area contributed by atoms with Crippen LogP contribution < -0.4 is 14.4 Å². The van der Waals surface area contributed by atoms with Crippen LogP contribution in [0.4, 0.5) is 5.69 Å². The topological polar surface area (TPSA) is 59.0 Å². The summed E-state index contributed by atoms with van der Waals surface area (Å²) in [5.41, 5.74) is 2.02. The van der Waals surface area contributed by atoms with Crippen molar-refractivity contribution in [2.45, 2.75) is 19.4 Å². The summed E-state index contributed by atoms with van der Waals surface area (Å²) in [6.07, 6.45) is 0.694. The molecule has 0 heterocycles. The van der Waals surface area contributed by atoms with Crippen LogP contribution in [-0.2, 0) is 4.79 Å². The van der Waals surface area contributed by atoms with Gasteiger partial charge in [-0.15, -0.1) is 0 Å². The molecule has 19 heavy (non-hydrogen) atoms. The zero-order valence-electron chi connectivity index (χ0n) is 11.6. The molecule has 0 aromatic heterocycles. The third kappa shape index (κ3) is 2.45. The Labute approximate surface area is 112 Å². The Kier molecular flexibility index (Phi) is 3.55. The van der Waals surface area contributed by atoms with Gasteiger partial charge in [-0.2, -0.15) is 0 Å². The smallest absolute Gasteiger partial charge is 0.308 e. The zero-order chi connectivity index (χ0) is 14.2. The van der Waals surface area contributed by atoms with E-state index in [-0.39, 0.29) is 12.0 Å². The summed E-state index contributed by atoms with van der Waals surface area (Å²) in [5.74, 6) is 0.345. The van der Waals surface area contributed by atoms with Gasteiger partial charge >= 0.3 is 5.97 Å². The number of carboxylic acid groups (broad SMARTS) is 1. The van der Waals surface area contributed by atoms with Crippen molar-refractivity contribution in [3.05, 3.63) is 17.7 Å². The average molecular weight is 265 g/mol. The molecule has 2 atom stereocenters. The van der Waals surface area contributed by atoms with Crippen LogP contribution in [-0.4, -0.2) is 38.4 Å². The van der Waals surface area contributed by atoms with Crippen molar-refractivity contribution in [1.82, 2.24) is 0 Å². The van der Waals surface area contributed by atoms with Crippen LogP contribution in [0.2, 0.25) is 0 Å². The van der Waals surface area contributed by atoms with Crippen LogP contribution in [0, 0.1) is 12.8 Å². The van der Waals surface area contributed by atoms with Crippen molar-refractivity contribution < 1.29 is 19.4 Å². The summed E-state index contributed by atoms with van der Waals surface area (Å²) in [7, 11) is 5.11. The van der Waals surface area contributed by atoms with Gasteiger partial charge in [0.15, 0.2) is 11.5 Å². The van der Waals surface area contributed by atoms with Crippen LogP contribution >= 0.6 is 0 Å². The Balaban J connectivity index is 2.27. The monoisotopic (exact) mass is 265 g/mol. The van der Waals surface area contributed by atoms with Gasteiger partial charge in [0, 0.05) is 24.8 Å². The minimum Gasteiger partial charge on any atom is -0.493 e. The lowest BCUT2D eigenvalue weighted by Gasteiger charge is -2.23. The minimum atomic E-state index is -0.727. The Morgan fingerprint density at radius 2 is 1.89 bits per heavy atom. The molecule has 0 saturated heterocycles. The molecule has 1 N–H and O–H groups in total. The molecule has 1 aromatic rings. The fraction of sp³-hybridized carbons (Fsp3) is 0.500. The normalized spacial score (nSPS) is 20.8. The molecule has 104 valence electrons. The molecular weight excluding hydrogens is 246 g/mol. The Morgan fingerprint density at radius 1 is 1.32 bits per heavy atom. The van der Waals surface area contributed by atoms with Gasteiger partial charge in [0.25, 0.3) is 0 Å². The van der Waals surface area contributed by atoms with Gasteiger partial charge in [0.05, 0.1) is 20.1 Å². The molecule has 1 saturated carbocycles. The number of aliphatic carboxylic acids is 1. The lowest BCUT2D eigenvalue weighted by Crippen LogP contribution is -2.24. The van der Waals surface area contributed by atoms with E-state index in [9.17, 15) is 4.79 Å². The van der Waals surface area contributed by atoms with Crippen molar-refractivity contribution >= 4 is 11.7 Å². The maximum Gasteiger partial charge on any atom is 0.308 e. The lowest BCUT2D eigenvalue weighted by molar-refractivity contribution is -0.138. The quantitative estimate of drug-likeness (QED) is 0.881. The number of hydrogen-bond donors (Lipinski definition) is 1. The van der Waals surface area contributed by atoms with Crippen molar-refractivity contribution in [2.75, 3.05) is 26.2 Å². The van der Waals surface area contributed by atoms with Crippen LogP contribution in [0.1, 0.15) is 12.0 Å². The fourth-order valence-corrected chi connectivity index (χ4v) is 2.40. The second-order valence-electron chi connectivity index (χ2n) is 4.85. The second kappa shape index (κ2) is 4.99. The van der Waals surface area contributed by atoms with E-state index in [1.165, 1.54) is 0 Å². The van der Waals surface area contributed by atoms with Crippen LogP contribution in [0.3, 0.4) is 0 Å². The lowest BCUT2D eigenvalue weighted by atomic mass is 10.1. The van der Waals surface area contributed by atoms with Gasteiger partial charge in [0.2, 0.25) is 0 Å². The highest BCUT2D eigenvalue weighted by atomic mass is 16.5. The maximum absolute atomic E-state index is 10.9. The highest BCUT2D eigenvalue weighted by molar-refractivity contribution is 5.76. The standard InChI is InChI=1S/C14H19NO4/c1-8-5-12(18-3)13(19-4)7-10(8)15(2)11-6-9(11)14(16)17/h5,7,9,11H,6H2,1-4H3,(H,16,17).